The number of allylic oxidation sites excluding steroid dienone is 2. The quantitative estimate of drug-likeness (QED) is 0.295. The second kappa shape index (κ2) is 9.22. The number of anilines is 1. The molecule has 0 saturated heterocycles. The number of rotatable bonds is 7. The number of hydrogen-bond donors (Lipinski definition) is 1. The normalized spacial score (nSPS) is 13.1. The van der Waals surface area contributed by atoms with Gasteiger partial charge in [-0.2, -0.15) is 0 Å². The van der Waals surface area contributed by atoms with Gasteiger partial charge in [0, 0.05) is 17.5 Å². The number of carbonyl (C=O) groups is 2. The molecule has 0 aromatic heterocycles. The molecular weight excluding hydrogens is 406 g/mol. The zero-order chi connectivity index (χ0) is 21.8. The van der Waals surface area contributed by atoms with Gasteiger partial charge >= 0.3 is 11.9 Å². The molecule has 2 aromatic carbocycles. The minimum absolute atomic E-state index is 0.212. The number of nitrogens with two attached hydrogens (primary N) is 1. The summed E-state index contributed by atoms with van der Waals surface area (Å²) >= 11 is 6.01. The molecule has 2 N–H and O–H groups in total. The number of hydrogen-bond acceptors (Lipinski definition) is 6. The Morgan fingerprint density at radius 1 is 1.30 bits per heavy atom. The van der Waals surface area contributed by atoms with Gasteiger partial charge < -0.3 is 19.9 Å². The van der Waals surface area contributed by atoms with Crippen LogP contribution >= 0.6 is 11.6 Å². The van der Waals surface area contributed by atoms with E-state index in [1.165, 1.54) is 0 Å². The fourth-order valence-corrected chi connectivity index (χ4v) is 3.64. The van der Waals surface area contributed by atoms with Crippen molar-refractivity contribution < 1.29 is 23.8 Å². The van der Waals surface area contributed by atoms with Gasteiger partial charge in [-0.1, -0.05) is 35.4 Å². The molecule has 0 spiro atoms. The van der Waals surface area contributed by atoms with Crippen molar-refractivity contribution in [3.05, 3.63) is 63.2 Å². The van der Waals surface area contributed by atoms with Crippen LogP contribution in [-0.4, -0.2) is 19.0 Å². The number of ether oxygens (including phenoxy) is 3. The maximum atomic E-state index is 12.1. The van der Waals surface area contributed by atoms with E-state index in [1.807, 2.05) is 19.9 Å². The number of carbonyl (C=O) groups excluding carboxylic acids is 2. The van der Waals surface area contributed by atoms with Crippen LogP contribution in [0.2, 0.25) is 5.02 Å². The fraction of sp³-hybridized carbons (Fsp3) is 0.304. The molecule has 0 radical (unpaired) electrons. The van der Waals surface area contributed by atoms with Crippen molar-refractivity contribution in [1.82, 2.24) is 0 Å². The van der Waals surface area contributed by atoms with Crippen LogP contribution in [0.3, 0.4) is 0 Å². The Morgan fingerprint density at radius 2 is 2.03 bits per heavy atom. The minimum atomic E-state index is -0.405. The molecule has 1 aliphatic heterocycles. The summed E-state index contributed by atoms with van der Waals surface area (Å²) < 4.78 is 16.0. The first-order chi connectivity index (χ1) is 14.3. The number of para-hydroxylation sites is 1. The Labute approximate surface area is 180 Å². The van der Waals surface area contributed by atoms with E-state index in [2.05, 4.69) is 0 Å². The molecular formula is C23H24ClNO5. The lowest BCUT2D eigenvalue weighted by Crippen LogP contribution is -2.09. The van der Waals surface area contributed by atoms with Crippen LogP contribution in [0, 0.1) is 6.92 Å². The number of fused-ring (bicyclic) bond motifs is 1. The molecule has 158 valence electrons. The van der Waals surface area contributed by atoms with Crippen LogP contribution in [0.4, 0.5) is 5.69 Å². The van der Waals surface area contributed by atoms with Crippen molar-refractivity contribution in [3.63, 3.8) is 0 Å². The molecule has 1 heterocycles. The number of benzene rings is 2. The summed E-state index contributed by atoms with van der Waals surface area (Å²) in [6.07, 6.45) is 3.19. The van der Waals surface area contributed by atoms with Crippen molar-refractivity contribution in [3.8, 4) is 11.5 Å². The smallest absolute Gasteiger partial charge is 0.341 e. The van der Waals surface area contributed by atoms with Gasteiger partial charge in [0.05, 0.1) is 23.4 Å². The summed E-state index contributed by atoms with van der Waals surface area (Å²) in [6.45, 7) is 4.03. The zero-order valence-electron chi connectivity index (χ0n) is 17.2. The van der Waals surface area contributed by atoms with E-state index < -0.39 is 5.97 Å². The van der Waals surface area contributed by atoms with Crippen LogP contribution in [-0.2, 0) is 22.6 Å². The number of cyclic esters (lactones) is 1. The van der Waals surface area contributed by atoms with Crippen LogP contribution in [0.1, 0.15) is 46.8 Å². The summed E-state index contributed by atoms with van der Waals surface area (Å²) in [5.41, 5.74) is 10.5. The zero-order valence-corrected chi connectivity index (χ0v) is 18.0. The third kappa shape index (κ3) is 4.44. The van der Waals surface area contributed by atoms with Gasteiger partial charge in [0.2, 0.25) is 0 Å². The molecule has 30 heavy (non-hydrogen) atoms. The highest BCUT2D eigenvalue weighted by atomic mass is 35.5. The molecule has 1 aliphatic rings. The van der Waals surface area contributed by atoms with Gasteiger partial charge in [-0.05, 0) is 44.4 Å². The van der Waals surface area contributed by atoms with Crippen molar-refractivity contribution in [2.75, 3.05) is 12.8 Å². The molecule has 0 atom stereocenters. The van der Waals surface area contributed by atoms with E-state index in [0.29, 0.717) is 40.6 Å². The molecule has 2 aromatic rings. The van der Waals surface area contributed by atoms with Crippen molar-refractivity contribution in [1.29, 1.82) is 0 Å². The van der Waals surface area contributed by atoms with Crippen LogP contribution in [0.15, 0.2) is 35.9 Å². The third-order valence-electron chi connectivity index (χ3n) is 5.16. The van der Waals surface area contributed by atoms with Gasteiger partial charge in [0.15, 0.2) is 0 Å². The lowest BCUT2D eigenvalue weighted by atomic mass is 9.94. The SMILES string of the molecule is COc1c(C)c2c(c(N)c1CC=C(C)CCC(=O)Oc1ccccc1Cl)C(=O)OC2. The number of methoxy groups -OCH3 is 1. The van der Waals surface area contributed by atoms with E-state index in [-0.39, 0.29) is 19.0 Å². The van der Waals surface area contributed by atoms with Gasteiger partial charge in [0.1, 0.15) is 18.1 Å². The van der Waals surface area contributed by atoms with Crippen molar-refractivity contribution in [2.24, 2.45) is 0 Å². The third-order valence-corrected chi connectivity index (χ3v) is 5.47. The van der Waals surface area contributed by atoms with E-state index >= 15 is 0 Å². The molecule has 3 rings (SSSR count). The Bertz CT molecular complexity index is 1030. The molecule has 0 unspecified atom stereocenters. The van der Waals surface area contributed by atoms with Crippen LogP contribution in [0.5, 0.6) is 11.5 Å². The standard InChI is InChI=1S/C23H24ClNO5/c1-13(9-11-19(26)30-18-7-5-4-6-17(18)24)8-10-15-21(25)20-16(12-29-23(20)27)14(2)22(15)28-3/h4-8H,9-12,25H2,1-3H3. The summed E-state index contributed by atoms with van der Waals surface area (Å²) in [5.74, 6) is 0.247. The summed E-state index contributed by atoms with van der Waals surface area (Å²) in [4.78, 5) is 24.2. The van der Waals surface area contributed by atoms with E-state index in [1.54, 1.807) is 31.4 Å². The first-order valence-electron chi connectivity index (χ1n) is 9.59. The maximum absolute atomic E-state index is 12.1. The molecule has 0 aliphatic carbocycles. The minimum Gasteiger partial charge on any atom is -0.496 e. The highest BCUT2D eigenvalue weighted by molar-refractivity contribution is 6.32. The average molecular weight is 430 g/mol. The molecule has 0 saturated carbocycles. The fourth-order valence-electron chi connectivity index (χ4n) is 3.47. The highest BCUT2D eigenvalue weighted by Gasteiger charge is 2.30. The number of nitrogen functional groups attached to an aromatic ring is 1. The second-order valence-corrected chi connectivity index (χ2v) is 7.55. The first-order valence-corrected chi connectivity index (χ1v) is 9.97. The molecule has 0 bridgehead atoms. The summed E-state index contributed by atoms with van der Waals surface area (Å²) in [7, 11) is 1.58. The monoisotopic (exact) mass is 429 g/mol. The van der Waals surface area contributed by atoms with Gasteiger partial charge in [-0.15, -0.1) is 0 Å². The first kappa shape index (κ1) is 21.7. The van der Waals surface area contributed by atoms with Crippen LogP contribution < -0.4 is 15.2 Å². The predicted molar refractivity (Wildman–Crippen MR) is 115 cm³/mol. The highest BCUT2D eigenvalue weighted by Crippen LogP contribution is 2.39. The van der Waals surface area contributed by atoms with Gasteiger partial charge in [0.25, 0.3) is 0 Å². The van der Waals surface area contributed by atoms with Gasteiger partial charge in [-0.3, -0.25) is 4.79 Å². The lowest BCUT2D eigenvalue weighted by Gasteiger charge is -2.16. The second-order valence-electron chi connectivity index (χ2n) is 7.14. The summed E-state index contributed by atoms with van der Waals surface area (Å²) in [6, 6.07) is 6.85. The molecule has 7 heteroatoms. The Kier molecular flexibility index (Phi) is 6.67. The Balaban J connectivity index is 1.69. The average Bonchev–Trinajstić information content (AvgIpc) is 3.11. The van der Waals surface area contributed by atoms with Crippen LogP contribution in [0.25, 0.3) is 0 Å². The number of esters is 2. The number of halogens is 1. The van der Waals surface area contributed by atoms with E-state index in [4.69, 9.17) is 31.5 Å². The van der Waals surface area contributed by atoms with E-state index in [9.17, 15) is 9.59 Å². The largest absolute Gasteiger partial charge is 0.496 e. The molecule has 0 amide bonds. The van der Waals surface area contributed by atoms with E-state index in [0.717, 1.165) is 22.3 Å². The van der Waals surface area contributed by atoms with Gasteiger partial charge in [-0.25, -0.2) is 4.79 Å². The molecule has 0 fully saturated rings. The molecule has 6 nitrogen and oxygen atoms in total. The Morgan fingerprint density at radius 3 is 2.73 bits per heavy atom. The Hall–Kier alpha value is -2.99. The summed E-state index contributed by atoms with van der Waals surface area (Å²) in [5, 5.41) is 0.395. The predicted octanol–water partition coefficient (Wildman–Crippen LogP) is 4.78. The topological polar surface area (TPSA) is 87.9 Å². The van der Waals surface area contributed by atoms with Crippen molar-refractivity contribution in [2.45, 2.75) is 39.7 Å². The maximum Gasteiger partial charge on any atom is 0.341 e. The van der Waals surface area contributed by atoms with Crippen molar-refractivity contribution >= 4 is 29.2 Å². The lowest BCUT2D eigenvalue weighted by molar-refractivity contribution is -0.134.